The van der Waals surface area contributed by atoms with Gasteiger partial charge in [-0.15, -0.1) is 0 Å². The maximum absolute atomic E-state index is 11.2. The quantitative estimate of drug-likeness (QED) is 0.785. The van der Waals surface area contributed by atoms with E-state index in [1.807, 2.05) is 6.07 Å². The minimum Gasteiger partial charge on any atom is -0.388 e. The minimum atomic E-state index is -4.18. The summed E-state index contributed by atoms with van der Waals surface area (Å²) < 4.78 is 31.5. The molecule has 0 aliphatic carbocycles. The summed E-state index contributed by atoms with van der Waals surface area (Å²) in [6, 6.07) is 10.0. The van der Waals surface area contributed by atoms with Crippen LogP contribution in [-0.2, 0) is 10.1 Å². The zero-order valence-electron chi connectivity index (χ0n) is 8.64. The predicted molar refractivity (Wildman–Crippen MR) is 63.3 cm³/mol. The number of benzene rings is 2. The van der Waals surface area contributed by atoms with Crippen molar-refractivity contribution in [1.82, 2.24) is 0 Å². The van der Waals surface area contributed by atoms with E-state index in [-0.39, 0.29) is 4.90 Å². The van der Waals surface area contributed by atoms with E-state index in [0.29, 0.717) is 5.39 Å². The Balaban J connectivity index is 2.90. The third-order valence-corrected chi connectivity index (χ3v) is 3.34. The fraction of sp³-hybridized carbons (Fsp3) is 0.0909. The Morgan fingerprint density at radius 3 is 2.31 bits per heavy atom. The zero-order chi connectivity index (χ0) is 11.8. The average Bonchev–Trinajstić information content (AvgIpc) is 2.26. The maximum atomic E-state index is 11.2. The van der Waals surface area contributed by atoms with E-state index in [9.17, 15) is 8.42 Å². The van der Waals surface area contributed by atoms with Crippen molar-refractivity contribution < 1.29 is 13.0 Å². The first-order valence-electron chi connectivity index (χ1n) is 4.71. The van der Waals surface area contributed by atoms with E-state index in [2.05, 4.69) is 5.32 Å². The molecule has 0 heterocycles. The number of fused-ring (bicyclic) bond motifs is 1. The number of rotatable bonds is 2. The van der Waals surface area contributed by atoms with Crippen LogP contribution in [0.25, 0.3) is 10.8 Å². The monoisotopic (exact) mass is 237 g/mol. The molecule has 0 radical (unpaired) electrons. The lowest BCUT2D eigenvalue weighted by atomic mass is 10.1. The lowest BCUT2D eigenvalue weighted by Gasteiger charge is -2.08. The number of anilines is 1. The van der Waals surface area contributed by atoms with Crippen LogP contribution in [0.5, 0.6) is 0 Å². The van der Waals surface area contributed by atoms with Crippen molar-refractivity contribution in [1.29, 1.82) is 0 Å². The van der Waals surface area contributed by atoms with Gasteiger partial charge in [-0.2, -0.15) is 8.42 Å². The van der Waals surface area contributed by atoms with Crippen molar-refractivity contribution in [2.24, 2.45) is 0 Å². The molecule has 0 fully saturated rings. The van der Waals surface area contributed by atoms with Crippen LogP contribution in [0.4, 0.5) is 5.69 Å². The molecule has 2 aromatic carbocycles. The number of nitrogens with one attached hydrogen (secondary N) is 1. The van der Waals surface area contributed by atoms with Crippen LogP contribution in [0, 0.1) is 0 Å². The molecule has 4 nitrogen and oxygen atoms in total. The molecule has 0 saturated heterocycles. The summed E-state index contributed by atoms with van der Waals surface area (Å²) in [6.07, 6.45) is 0. The van der Waals surface area contributed by atoms with Gasteiger partial charge in [-0.1, -0.05) is 24.3 Å². The average molecular weight is 237 g/mol. The van der Waals surface area contributed by atoms with Crippen molar-refractivity contribution in [2.45, 2.75) is 4.90 Å². The fourth-order valence-corrected chi connectivity index (χ4v) is 2.43. The van der Waals surface area contributed by atoms with E-state index in [0.717, 1.165) is 11.1 Å². The van der Waals surface area contributed by atoms with Crippen molar-refractivity contribution in [3.8, 4) is 0 Å². The van der Waals surface area contributed by atoms with Crippen molar-refractivity contribution >= 4 is 26.6 Å². The summed E-state index contributed by atoms with van der Waals surface area (Å²) in [6.45, 7) is 0. The Morgan fingerprint density at radius 1 is 1.06 bits per heavy atom. The molecular weight excluding hydrogens is 226 g/mol. The van der Waals surface area contributed by atoms with Crippen molar-refractivity contribution in [3.63, 3.8) is 0 Å². The molecule has 2 aromatic rings. The highest BCUT2D eigenvalue weighted by Crippen LogP contribution is 2.28. The molecule has 0 unspecified atom stereocenters. The third-order valence-electron chi connectivity index (χ3n) is 2.43. The normalized spacial score (nSPS) is 11.6. The minimum absolute atomic E-state index is 0.0675. The van der Waals surface area contributed by atoms with Crippen LogP contribution in [0.1, 0.15) is 0 Å². The van der Waals surface area contributed by atoms with E-state index < -0.39 is 10.1 Å². The van der Waals surface area contributed by atoms with Crippen LogP contribution in [0.2, 0.25) is 0 Å². The molecule has 0 bridgehead atoms. The van der Waals surface area contributed by atoms with Gasteiger partial charge in [0.15, 0.2) is 0 Å². The fourth-order valence-electron chi connectivity index (χ4n) is 1.72. The second-order valence-electron chi connectivity index (χ2n) is 3.38. The molecule has 0 aromatic heterocycles. The molecule has 0 spiro atoms. The molecule has 2 rings (SSSR count). The molecule has 0 amide bonds. The topological polar surface area (TPSA) is 66.4 Å². The van der Waals surface area contributed by atoms with Gasteiger partial charge in [-0.25, -0.2) is 0 Å². The van der Waals surface area contributed by atoms with Gasteiger partial charge in [-0.05, 0) is 12.1 Å². The van der Waals surface area contributed by atoms with Crippen molar-refractivity contribution in [3.05, 3.63) is 36.4 Å². The zero-order valence-corrected chi connectivity index (χ0v) is 9.45. The largest absolute Gasteiger partial charge is 0.388 e. The van der Waals surface area contributed by atoms with Crippen LogP contribution in [0.15, 0.2) is 41.3 Å². The predicted octanol–water partition coefficient (Wildman–Crippen LogP) is 2.13. The molecule has 0 aliphatic rings. The summed E-state index contributed by atoms with van der Waals surface area (Å²) in [4.78, 5) is -0.0675. The van der Waals surface area contributed by atoms with Gasteiger partial charge in [0.1, 0.15) is 4.90 Å². The number of hydrogen-bond donors (Lipinski definition) is 2. The molecule has 0 aliphatic heterocycles. The number of hydrogen-bond acceptors (Lipinski definition) is 3. The van der Waals surface area contributed by atoms with Gasteiger partial charge in [-0.3, -0.25) is 4.55 Å². The van der Waals surface area contributed by atoms with Gasteiger partial charge >= 0.3 is 0 Å². The molecule has 0 atom stereocenters. The lowest BCUT2D eigenvalue weighted by molar-refractivity contribution is 0.484. The molecule has 16 heavy (non-hydrogen) atoms. The first-order chi connectivity index (χ1) is 7.54. The van der Waals surface area contributed by atoms with Crippen molar-refractivity contribution in [2.75, 3.05) is 12.4 Å². The Kier molecular flexibility index (Phi) is 2.57. The van der Waals surface area contributed by atoms with E-state index in [1.165, 1.54) is 6.07 Å². The van der Waals surface area contributed by atoms with E-state index in [1.54, 1.807) is 31.3 Å². The first-order valence-corrected chi connectivity index (χ1v) is 6.15. The highest BCUT2D eigenvalue weighted by Gasteiger charge is 2.14. The maximum Gasteiger partial charge on any atom is 0.295 e. The van der Waals surface area contributed by atoms with Gasteiger partial charge in [0.2, 0.25) is 0 Å². The third kappa shape index (κ3) is 1.75. The highest BCUT2D eigenvalue weighted by molar-refractivity contribution is 7.86. The highest BCUT2D eigenvalue weighted by atomic mass is 32.2. The van der Waals surface area contributed by atoms with Crippen LogP contribution < -0.4 is 5.32 Å². The van der Waals surface area contributed by atoms with Gasteiger partial charge < -0.3 is 5.32 Å². The molecule has 0 saturated carbocycles. The summed E-state index contributed by atoms with van der Waals surface area (Å²) in [5.74, 6) is 0. The SMILES string of the molecule is CNc1cccc2c(S(=O)(=O)O)cccc12. The molecule has 2 N–H and O–H groups in total. The van der Waals surface area contributed by atoms with Crippen LogP contribution in [0.3, 0.4) is 0 Å². The molecular formula is C11H11NO3S. The smallest absolute Gasteiger partial charge is 0.295 e. The lowest BCUT2D eigenvalue weighted by Crippen LogP contribution is -1.99. The second kappa shape index (κ2) is 3.77. The van der Waals surface area contributed by atoms with Crippen LogP contribution in [-0.4, -0.2) is 20.0 Å². The van der Waals surface area contributed by atoms with E-state index >= 15 is 0 Å². The Bertz CT molecular complexity index is 635. The standard InChI is InChI=1S/C11H11NO3S/c1-12-10-6-2-5-9-8(10)4-3-7-11(9)16(13,14)15/h2-7,12H,1H3,(H,13,14,15). The van der Waals surface area contributed by atoms with Gasteiger partial charge in [0.05, 0.1) is 0 Å². The summed E-state index contributed by atoms with van der Waals surface area (Å²) >= 11 is 0. The summed E-state index contributed by atoms with van der Waals surface area (Å²) in [5, 5.41) is 4.25. The Labute approximate surface area is 93.7 Å². The Morgan fingerprint density at radius 2 is 1.69 bits per heavy atom. The Hall–Kier alpha value is -1.59. The van der Waals surface area contributed by atoms with E-state index in [4.69, 9.17) is 4.55 Å². The molecule has 5 heteroatoms. The first kappa shape index (κ1) is 10.9. The summed E-state index contributed by atoms with van der Waals surface area (Å²) in [7, 11) is -2.42. The molecule has 84 valence electrons. The van der Waals surface area contributed by atoms with Gasteiger partial charge in [0.25, 0.3) is 10.1 Å². The summed E-state index contributed by atoms with van der Waals surface area (Å²) in [5.41, 5.74) is 0.822. The van der Waals surface area contributed by atoms with Crippen LogP contribution >= 0.6 is 0 Å². The second-order valence-corrected chi connectivity index (χ2v) is 4.77. The van der Waals surface area contributed by atoms with Gasteiger partial charge in [0, 0.05) is 23.5 Å².